The molecule has 1 aliphatic rings. The molecule has 1 rings (SSSR count). The van der Waals surface area contributed by atoms with E-state index < -0.39 is 10.2 Å². The molecule has 1 aliphatic heterocycles. The molecular formula is C14H31N3O3S. The Kier molecular flexibility index (Phi) is 8.73. The summed E-state index contributed by atoms with van der Waals surface area (Å²) in [6, 6.07) is -0.0901. The fourth-order valence-electron chi connectivity index (χ4n) is 2.81. The summed E-state index contributed by atoms with van der Waals surface area (Å²) in [6.45, 7) is 6.69. The third-order valence-corrected chi connectivity index (χ3v) is 5.56. The monoisotopic (exact) mass is 321 g/mol. The highest BCUT2D eigenvalue weighted by molar-refractivity contribution is 7.87. The Hall–Kier alpha value is -0.210. The van der Waals surface area contributed by atoms with Gasteiger partial charge in [-0.05, 0) is 25.8 Å². The van der Waals surface area contributed by atoms with Crippen LogP contribution in [0.3, 0.4) is 0 Å². The largest absolute Gasteiger partial charge is 0.383 e. The van der Waals surface area contributed by atoms with Gasteiger partial charge in [0.25, 0.3) is 10.2 Å². The number of hydrogen-bond donors (Lipinski definition) is 2. The van der Waals surface area contributed by atoms with Gasteiger partial charge in [-0.15, -0.1) is 0 Å². The number of rotatable bonds is 10. The number of ether oxygens (including phenoxy) is 1. The molecule has 0 aromatic carbocycles. The summed E-state index contributed by atoms with van der Waals surface area (Å²) >= 11 is 0. The Morgan fingerprint density at radius 2 is 2.10 bits per heavy atom. The first-order valence-corrected chi connectivity index (χ1v) is 9.47. The van der Waals surface area contributed by atoms with Crippen LogP contribution in [-0.2, 0) is 14.9 Å². The van der Waals surface area contributed by atoms with Crippen molar-refractivity contribution >= 4 is 10.2 Å². The summed E-state index contributed by atoms with van der Waals surface area (Å²) in [5, 5.41) is 3.27. The molecule has 1 saturated heterocycles. The zero-order valence-electron chi connectivity index (χ0n) is 13.6. The van der Waals surface area contributed by atoms with Gasteiger partial charge in [-0.3, -0.25) is 0 Å². The molecule has 0 aromatic heterocycles. The fourth-order valence-corrected chi connectivity index (χ4v) is 4.49. The van der Waals surface area contributed by atoms with Crippen LogP contribution in [0.15, 0.2) is 0 Å². The maximum atomic E-state index is 12.7. The zero-order valence-corrected chi connectivity index (χ0v) is 14.4. The van der Waals surface area contributed by atoms with Gasteiger partial charge in [0, 0.05) is 32.3 Å². The first kappa shape index (κ1) is 18.8. The fraction of sp³-hybridized carbons (Fsp3) is 1.00. The SMILES string of the molecule is CCCC(COC)NS(=O)(=O)N1CCCCC1CNCC. The van der Waals surface area contributed by atoms with Crippen LogP contribution < -0.4 is 10.0 Å². The van der Waals surface area contributed by atoms with Crippen LogP contribution in [0.5, 0.6) is 0 Å². The van der Waals surface area contributed by atoms with Crippen molar-refractivity contribution in [3.8, 4) is 0 Å². The van der Waals surface area contributed by atoms with Crippen LogP contribution in [0.25, 0.3) is 0 Å². The van der Waals surface area contributed by atoms with Crippen molar-refractivity contribution in [1.82, 2.24) is 14.3 Å². The van der Waals surface area contributed by atoms with E-state index in [2.05, 4.69) is 10.0 Å². The Balaban J connectivity index is 2.72. The maximum absolute atomic E-state index is 12.7. The number of hydrogen-bond acceptors (Lipinski definition) is 4. The lowest BCUT2D eigenvalue weighted by molar-refractivity contribution is 0.168. The Morgan fingerprint density at radius 3 is 2.71 bits per heavy atom. The van der Waals surface area contributed by atoms with Crippen molar-refractivity contribution in [2.75, 3.05) is 33.4 Å². The lowest BCUT2D eigenvalue weighted by atomic mass is 10.1. The predicted octanol–water partition coefficient (Wildman–Crippen LogP) is 1.10. The number of methoxy groups -OCH3 is 1. The van der Waals surface area contributed by atoms with Crippen molar-refractivity contribution in [2.24, 2.45) is 0 Å². The highest BCUT2D eigenvalue weighted by Gasteiger charge is 2.33. The second-order valence-corrected chi connectivity index (χ2v) is 7.29. The van der Waals surface area contributed by atoms with E-state index in [1.807, 2.05) is 13.8 Å². The number of nitrogens with zero attached hydrogens (tertiary/aromatic N) is 1. The van der Waals surface area contributed by atoms with Gasteiger partial charge in [0.1, 0.15) is 0 Å². The Labute approximate surface area is 129 Å². The van der Waals surface area contributed by atoms with Crippen LogP contribution in [-0.4, -0.2) is 58.2 Å². The smallest absolute Gasteiger partial charge is 0.280 e. The van der Waals surface area contributed by atoms with Crippen LogP contribution in [0.4, 0.5) is 0 Å². The number of nitrogens with one attached hydrogen (secondary N) is 2. The molecular weight excluding hydrogens is 290 g/mol. The van der Waals surface area contributed by atoms with E-state index in [1.54, 1.807) is 11.4 Å². The van der Waals surface area contributed by atoms with Crippen molar-refractivity contribution in [3.05, 3.63) is 0 Å². The zero-order chi connectivity index (χ0) is 15.7. The van der Waals surface area contributed by atoms with Crippen molar-refractivity contribution < 1.29 is 13.2 Å². The average molecular weight is 321 g/mol. The topological polar surface area (TPSA) is 70.7 Å². The molecule has 2 atom stereocenters. The molecule has 6 nitrogen and oxygen atoms in total. The highest BCUT2D eigenvalue weighted by Crippen LogP contribution is 2.20. The quantitative estimate of drug-likeness (QED) is 0.632. The lowest BCUT2D eigenvalue weighted by Gasteiger charge is -2.35. The molecule has 126 valence electrons. The third-order valence-electron chi connectivity index (χ3n) is 3.83. The molecule has 1 heterocycles. The lowest BCUT2D eigenvalue weighted by Crippen LogP contribution is -2.54. The van der Waals surface area contributed by atoms with Gasteiger partial charge in [0.2, 0.25) is 0 Å². The number of likely N-dealkylation sites (N-methyl/N-ethyl adjacent to an activating group) is 1. The Morgan fingerprint density at radius 1 is 1.33 bits per heavy atom. The van der Waals surface area contributed by atoms with E-state index in [0.29, 0.717) is 13.2 Å². The summed E-state index contributed by atoms with van der Waals surface area (Å²) in [7, 11) is -1.84. The standard InChI is InChI=1S/C14H31N3O3S/c1-4-8-13(12-20-3)16-21(18,19)17-10-7-6-9-14(17)11-15-5-2/h13-16H,4-12H2,1-3H3. The second-order valence-electron chi connectivity index (χ2n) is 5.63. The van der Waals surface area contributed by atoms with Crippen LogP contribution in [0.1, 0.15) is 46.0 Å². The minimum absolute atomic E-state index is 0.0565. The molecule has 1 fully saturated rings. The summed E-state index contributed by atoms with van der Waals surface area (Å²) in [4.78, 5) is 0. The van der Waals surface area contributed by atoms with E-state index in [1.165, 1.54) is 0 Å². The van der Waals surface area contributed by atoms with Gasteiger partial charge in [-0.1, -0.05) is 26.7 Å². The highest BCUT2D eigenvalue weighted by atomic mass is 32.2. The molecule has 2 unspecified atom stereocenters. The molecule has 0 spiro atoms. The molecule has 0 amide bonds. The van der Waals surface area contributed by atoms with Gasteiger partial charge in [0.15, 0.2) is 0 Å². The molecule has 2 N–H and O–H groups in total. The average Bonchev–Trinajstić information content (AvgIpc) is 2.45. The van der Waals surface area contributed by atoms with E-state index >= 15 is 0 Å². The molecule has 0 radical (unpaired) electrons. The molecule has 0 aliphatic carbocycles. The number of piperidine rings is 1. The van der Waals surface area contributed by atoms with E-state index in [0.717, 1.165) is 45.2 Å². The van der Waals surface area contributed by atoms with Crippen LogP contribution in [0.2, 0.25) is 0 Å². The second kappa shape index (κ2) is 9.74. The van der Waals surface area contributed by atoms with Gasteiger partial charge in [0.05, 0.1) is 6.61 Å². The maximum Gasteiger partial charge on any atom is 0.280 e. The molecule has 7 heteroatoms. The predicted molar refractivity (Wildman–Crippen MR) is 85.5 cm³/mol. The summed E-state index contributed by atoms with van der Waals surface area (Å²) < 4.78 is 34.9. The van der Waals surface area contributed by atoms with Crippen molar-refractivity contribution in [2.45, 2.75) is 58.0 Å². The van der Waals surface area contributed by atoms with Crippen LogP contribution >= 0.6 is 0 Å². The van der Waals surface area contributed by atoms with Gasteiger partial charge >= 0.3 is 0 Å². The van der Waals surface area contributed by atoms with E-state index in [-0.39, 0.29) is 12.1 Å². The molecule has 21 heavy (non-hydrogen) atoms. The van der Waals surface area contributed by atoms with E-state index in [9.17, 15) is 8.42 Å². The Bertz CT molecular complexity index is 370. The minimum Gasteiger partial charge on any atom is -0.383 e. The van der Waals surface area contributed by atoms with Gasteiger partial charge < -0.3 is 10.1 Å². The van der Waals surface area contributed by atoms with Crippen molar-refractivity contribution in [3.63, 3.8) is 0 Å². The van der Waals surface area contributed by atoms with Crippen molar-refractivity contribution in [1.29, 1.82) is 0 Å². The summed E-state index contributed by atoms with van der Waals surface area (Å²) in [6.07, 6.45) is 4.68. The summed E-state index contributed by atoms with van der Waals surface area (Å²) in [5.41, 5.74) is 0. The summed E-state index contributed by atoms with van der Waals surface area (Å²) in [5.74, 6) is 0. The van der Waals surface area contributed by atoms with Crippen LogP contribution in [0, 0.1) is 0 Å². The normalized spacial score (nSPS) is 22.3. The first-order chi connectivity index (χ1) is 10.0. The molecule has 0 saturated carbocycles. The molecule has 0 bridgehead atoms. The van der Waals surface area contributed by atoms with E-state index in [4.69, 9.17) is 4.74 Å². The van der Waals surface area contributed by atoms with Gasteiger partial charge in [-0.25, -0.2) is 0 Å². The third kappa shape index (κ3) is 6.20. The molecule has 0 aromatic rings. The minimum atomic E-state index is -3.44. The van der Waals surface area contributed by atoms with Gasteiger partial charge in [-0.2, -0.15) is 17.4 Å². The first-order valence-electron chi connectivity index (χ1n) is 8.03.